The summed E-state index contributed by atoms with van der Waals surface area (Å²) in [7, 11) is 0. The van der Waals surface area contributed by atoms with Gasteiger partial charge < -0.3 is 5.32 Å². The number of nitrogens with one attached hydrogen (secondary N) is 1. The van der Waals surface area contributed by atoms with E-state index in [2.05, 4.69) is 36.5 Å². The van der Waals surface area contributed by atoms with Gasteiger partial charge >= 0.3 is 0 Å². The Kier molecular flexibility index (Phi) is 6.91. The summed E-state index contributed by atoms with van der Waals surface area (Å²) in [6.07, 6.45) is 1.01. The molecule has 2 aromatic carbocycles. The first-order valence-electron chi connectivity index (χ1n) is 7.03. The maximum absolute atomic E-state index is 5.93. The molecule has 2 rings (SSSR count). The van der Waals surface area contributed by atoms with Crippen LogP contribution in [0.1, 0.15) is 12.5 Å². The molecular formula is C17H19Cl2NS. The average molecular weight is 340 g/mol. The lowest BCUT2D eigenvalue weighted by molar-refractivity contribution is 0.572. The molecule has 0 amide bonds. The predicted molar refractivity (Wildman–Crippen MR) is 94.8 cm³/mol. The van der Waals surface area contributed by atoms with Crippen LogP contribution in [0.15, 0.2) is 53.4 Å². The second-order valence-corrected chi connectivity index (χ2v) is 6.82. The first kappa shape index (κ1) is 16.7. The van der Waals surface area contributed by atoms with Crippen LogP contribution in [0.2, 0.25) is 10.0 Å². The summed E-state index contributed by atoms with van der Waals surface area (Å²) in [5, 5.41) is 5.12. The molecule has 2 aromatic rings. The summed E-state index contributed by atoms with van der Waals surface area (Å²) < 4.78 is 0. The van der Waals surface area contributed by atoms with Crippen LogP contribution < -0.4 is 5.32 Å². The normalized spacial score (nSPS) is 12.3. The highest BCUT2D eigenvalue weighted by atomic mass is 35.5. The van der Waals surface area contributed by atoms with Gasteiger partial charge in [0.1, 0.15) is 0 Å². The van der Waals surface area contributed by atoms with Crippen molar-refractivity contribution in [3.05, 3.63) is 64.1 Å². The van der Waals surface area contributed by atoms with Gasteiger partial charge in [0.05, 0.1) is 0 Å². The standard InChI is InChI=1S/C17H19Cl2NS/c1-2-20-16(11-13-3-5-14(18)6-4-13)12-21-17-9-7-15(19)8-10-17/h3-10,16,20H,2,11-12H2,1H3. The zero-order chi connectivity index (χ0) is 15.1. The minimum absolute atomic E-state index is 0.442. The summed E-state index contributed by atoms with van der Waals surface area (Å²) >= 11 is 13.7. The SMILES string of the molecule is CCNC(CSc1ccc(Cl)cc1)Cc1ccc(Cl)cc1. The fourth-order valence-electron chi connectivity index (χ4n) is 2.11. The Bertz CT molecular complexity index is 540. The average Bonchev–Trinajstić information content (AvgIpc) is 2.49. The first-order chi connectivity index (χ1) is 10.2. The number of benzene rings is 2. The molecule has 21 heavy (non-hydrogen) atoms. The molecule has 0 saturated carbocycles. The summed E-state index contributed by atoms with van der Waals surface area (Å²) in [6, 6.07) is 16.5. The van der Waals surface area contributed by atoms with Crippen LogP contribution in [0.4, 0.5) is 0 Å². The van der Waals surface area contributed by atoms with Gasteiger partial charge in [-0.05, 0) is 54.9 Å². The third-order valence-electron chi connectivity index (χ3n) is 3.15. The van der Waals surface area contributed by atoms with Crippen molar-refractivity contribution >= 4 is 35.0 Å². The van der Waals surface area contributed by atoms with Crippen LogP contribution in [0.5, 0.6) is 0 Å². The molecule has 4 heteroatoms. The number of rotatable bonds is 7. The highest BCUT2D eigenvalue weighted by molar-refractivity contribution is 7.99. The highest BCUT2D eigenvalue weighted by Gasteiger charge is 2.09. The Balaban J connectivity index is 1.92. The van der Waals surface area contributed by atoms with E-state index < -0.39 is 0 Å². The van der Waals surface area contributed by atoms with E-state index in [1.54, 1.807) is 0 Å². The first-order valence-corrected chi connectivity index (χ1v) is 8.77. The van der Waals surface area contributed by atoms with E-state index in [0.29, 0.717) is 6.04 Å². The molecule has 0 aliphatic rings. The van der Waals surface area contributed by atoms with Crippen molar-refractivity contribution in [2.75, 3.05) is 12.3 Å². The maximum atomic E-state index is 5.93. The molecule has 0 radical (unpaired) electrons. The third-order valence-corrected chi connectivity index (χ3v) is 4.83. The highest BCUT2D eigenvalue weighted by Crippen LogP contribution is 2.22. The van der Waals surface area contributed by atoms with Crippen LogP contribution >= 0.6 is 35.0 Å². The number of halogens is 2. The van der Waals surface area contributed by atoms with Crippen LogP contribution in [0.25, 0.3) is 0 Å². The Morgan fingerprint density at radius 3 is 2.10 bits per heavy atom. The van der Waals surface area contributed by atoms with E-state index >= 15 is 0 Å². The smallest absolute Gasteiger partial charge is 0.0406 e. The number of likely N-dealkylation sites (N-methyl/N-ethyl adjacent to an activating group) is 1. The molecule has 0 saturated heterocycles. The monoisotopic (exact) mass is 339 g/mol. The molecule has 0 aromatic heterocycles. The molecule has 1 atom stereocenters. The number of thioether (sulfide) groups is 1. The molecule has 0 aliphatic carbocycles. The fourth-order valence-corrected chi connectivity index (χ4v) is 3.32. The van der Waals surface area contributed by atoms with Crippen molar-refractivity contribution in [2.45, 2.75) is 24.3 Å². The van der Waals surface area contributed by atoms with Crippen LogP contribution in [0.3, 0.4) is 0 Å². The van der Waals surface area contributed by atoms with Crippen molar-refractivity contribution in [3.8, 4) is 0 Å². The molecule has 1 nitrogen and oxygen atoms in total. The van der Waals surface area contributed by atoms with E-state index in [-0.39, 0.29) is 0 Å². The van der Waals surface area contributed by atoms with Gasteiger partial charge in [0.2, 0.25) is 0 Å². The van der Waals surface area contributed by atoms with E-state index in [1.807, 2.05) is 36.0 Å². The zero-order valence-electron chi connectivity index (χ0n) is 12.0. The maximum Gasteiger partial charge on any atom is 0.0406 e. The zero-order valence-corrected chi connectivity index (χ0v) is 14.3. The molecule has 0 bridgehead atoms. The summed E-state index contributed by atoms with van der Waals surface area (Å²) in [5.41, 5.74) is 1.31. The molecule has 1 unspecified atom stereocenters. The van der Waals surface area contributed by atoms with E-state index in [9.17, 15) is 0 Å². The van der Waals surface area contributed by atoms with E-state index in [0.717, 1.165) is 28.8 Å². The topological polar surface area (TPSA) is 12.0 Å². The minimum atomic E-state index is 0.442. The van der Waals surface area contributed by atoms with Gasteiger partial charge in [-0.25, -0.2) is 0 Å². The molecule has 0 heterocycles. The van der Waals surface area contributed by atoms with Crippen molar-refractivity contribution in [1.29, 1.82) is 0 Å². The Hall–Kier alpha value is -0.670. The van der Waals surface area contributed by atoms with Crippen molar-refractivity contribution in [3.63, 3.8) is 0 Å². The minimum Gasteiger partial charge on any atom is -0.313 e. The Labute approximate surface area is 141 Å². The van der Waals surface area contributed by atoms with Gasteiger partial charge in [0, 0.05) is 26.7 Å². The molecule has 0 aliphatic heterocycles. The number of hydrogen-bond donors (Lipinski definition) is 1. The van der Waals surface area contributed by atoms with Gasteiger partial charge in [-0.1, -0.05) is 42.3 Å². The second kappa shape index (κ2) is 8.70. The quantitative estimate of drug-likeness (QED) is 0.686. The largest absolute Gasteiger partial charge is 0.313 e. The van der Waals surface area contributed by atoms with Gasteiger partial charge in [0.15, 0.2) is 0 Å². The second-order valence-electron chi connectivity index (χ2n) is 4.85. The summed E-state index contributed by atoms with van der Waals surface area (Å²) in [4.78, 5) is 1.25. The van der Waals surface area contributed by atoms with Crippen molar-refractivity contribution in [2.24, 2.45) is 0 Å². The van der Waals surface area contributed by atoms with Crippen LogP contribution in [0, 0.1) is 0 Å². The van der Waals surface area contributed by atoms with Gasteiger partial charge in [-0.2, -0.15) is 0 Å². The fraction of sp³-hybridized carbons (Fsp3) is 0.294. The Morgan fingerprint density at radius 2 is 1.52 bits per heavy atom. The Morgan fingerprint density at radius 1 is 0.952 bits per heavy atom. The molecular weight excluding hydrogens is 321 g/mol. The number of hydrogen-bond acceptors (Lipinski definition) is 2. The van der Waals surface area contributed by atoms with Crippen molar-refractivity contribution < 1.29 is 0 Å². The van der Waals surface area contributed by atoms with E-state index in [1.165, 1.54) is 10.5 Å². The lowest BCUT2D eigenvalue weighted by Crippen LogP contribution is -2.33. The van der Waals surface area contributed by atoms with Gasteiger partial charge in [0.25, 0.3) is 0 Å². The van der Waals surface area contributed by atoms with Crippen LogP contribution in [-0.4, -0.2) is 18.3 Å². The molecule has 0 spiro atoms. The van der Waals surface area contributed by atoms with Gasteiger partial charge in [-0.15, -0.1) is 11.8 Å². The third kappa shape index (κ3) is 5.91. The molecule has 1 N–H and O–H groups in total. The van der Waals surface area contributed by atoms with Crippen molar-refractivity contribution in [1.82, 2.24) is 5.32 Å². The lowest BCUT2D eigenvalue weighted by atomic mass is 10.1. The molecule has 0 fully saturated rings. The summed E-state index contributed by atoms with van der Waals surface area (Å²) in [5.74, 6) is 1.03. The summed E-state index contributed by atoms with van der Waals surface area (Å²) in [6.45, 7) is 3.11. The predicted octanol–water partition coefficient (Wildman–Crippen LogP) is 5.31. The molecule has 112 valence electrons. The van der Waals surface area contributed by atoms with Crippen LogP contribution in [-0.2, 0) is 6.42 Å². The van der Waals surface area contributed by atoms with Gasteiger partial charge in [-0.3, -0.25) is 0 Å². The lowest BCUT2D eigenvalue weighted by Gasteiger charge is -2.17. The van der Waals surface area contributed by atoms with E-state index in [4.69, 9.17) is 23.2 Å².